The van der Waals surface area contributed by atoms with Crippen molar-refractivity contribution >= 4 is 5.69 Å². The molecule has 1 N–H and O–H groups in total. The van der Waals surface area contributed by atoms with Gasteiger partial charge in [0, 0.05) is 0 Å². The Balaban J connectivity index is 2.28. The highest BCUT2D eigenvalue weighted by Gasteiger charge is 2.23. The fourth-order valence-electron chi connectivity index (χ4n) is 2.00. The van der Waals surface area contributed by atoms with Gasteiger partial charge < -0.3 is 4.74 Å². The van der Waals surface area contributed by atoms with Crippen LogP contribution in [-0.2, 0) is 11.3 Å². The van der Waals surface area contributed by atoms with E-state index in [9.17, 15) is 19.7 Å². The number of nitrogens with one attached hydrogen (secondary N) is 1. The van der Waals surface area contributed by atoms with E-state index in [4.69, 9.17) is 4.74 Å². The molecule has 1 aromatic rings. The van der Waals surface area contributed by atoms with E-state index in [1.807, 2.05) is 11.9 Å². The van der Waals surface area contributed by atoms with Crippen molar-refractivity contribution in [2.45, 2.75) is 38.5 Å². The standard InChI is InChI=1S/C10H13N3O5/c1-6-2-3-7(18-6)4-12-5-8(13(16)17)9(14)11-10(12)15/h5-7H,2-4H2,1H3,(H,11,14,15). The van der Waals surface area contributed by atoms with Gasteiger partial charge in [-0.3, -0.25) is 24.5 Å². The minimum atomic E-state index is -0.984. The molecule has 0 aromatic carbocycles. The van der Waals surface area contributed by atoms with Gasteiger partial charge in [-0.05, 0) is 19.8 Å². The van der Waals surface area contributed by atoms with Crippen molar-refractivity contribution in [2.75, 3.05) is 0 Å². The molecule has 98 valence electrons. The summed E-state index contributed by atoms with van der Waals surface area (Å²) < 4.78 is 6.64. The summed E-state index contributed by atoms with van der Waals surface area (Å²) in [5, 5.41) is 10.6. The molecule has 0 bridgehead atoms. The van der Waals surface area contributed by atoms with Crippen LogP contribution in [0.25, 0.3) is 0 Å². The highest BCUT2D eigenvalue weighted by atomic mass is 16.6. The zero-order valence-electron chi connectivity index (χ0n) is 9.79. The van der Waals surface area contributed by atoms with Gasteiger partial charge in [0.15, 0.2) is 0 Å². The van der Waals surface area contributed by atoms with Crippen molar-refractivity contribution in [3.63, 3.8) is 0 Å². The van der Waals surface area contributed by atoms with E-state index in [1.54, 1.807) is 0 Å². The van der Waals surface area contributed by atoms with Crippen LogP contribution in [0.4, 0.5) is 5.69 Å². The van der Waals surface area contributed by atoms with E-state index >= 15 is 0 Å². The van der Waals surface area contributed by atoms with Crippen LogP contribution in [0.2, 0.25) is 0 Å². The summed E-state index contributed by atoms with van der Waals surface area (Å²) in [6, 6.07) is 0. The number of hydrogen-bond donors (Lipinski definition) is 1. The predicted molar refractivity (Wildman–Crippen MR) is 61.5 cm³/mol. The van der Waals surface area contributed by atoms with Gasteiger partial charge in [0.2, 0.25) is 0 Å². The minimum Gasteiger partial charge on any atom is -0.373 e. The Hall–Kier alpha value is -1.96. The average molecular weight is 255 g/mol. The lowest BCUT2D eigenvalue weighted by Gasteiger charge is -2.12. The maximum absolute atomic E-state index is 11.5. The molecule has 2 unspecified atom stereocenters. The molecule has 1 saturated heterocycles. The fraction of sp³-hybridized carbons (Fsp3) is 0.600. The van der Waals surface area contributed by atoms with Crippen LogP contribution in [-0.4, -0.2) is 26.7 Å². The highest BCUT2D eigenvalue weighted by molar-refractivity contribution is 5.20. The molecule has 0 radical (unpaired) electrons. The van der Waals surface area contributed by atoms with Crippen molar-refractivity contribution < 1.29 is 9.66 Å². The largest absolute Gasteiger partial charge is 0.373 e. The van der Waals surface area contributed by atoms with Crippen LogP contribution in [0.1, 0.15) is 19.8 Å². The first-order chi connectivity index (χ1) is 8.47. The number of aromatic nitrogens is 2. The molecule has 0 aliphatic carbocycles. The van der Waals surface area contributed by atoms with Gasteiger partial charge >= 0.3 is 16.9 Å². The Bertz CT molecular complexity index is 576. The topological polar surface area (TPSA) is 107 Å². The Kier molecular flexibility index (Phi) is 3.28. The van der Waals surface area contributed by atoms with Gasteiger partial charge in [-0.2, -0.15) is 0 Å². The Labute approximate surface area is 101 Å². The van der Waals surface area contributed by atoms with Gasteiger partial charge in [-0.25, -0.2) is 4.79 Å². The second-order valence-electron chi connectivity index (χ2n) is 4.33. The summed E-state index contributed by atoms with van der Waals surface area (Å²) in [6.07, 6.45) is 2.63. The Morgan fingerprint density at radius 1 is 1.56 bits per heavy atom. The second-order valence-corrected chi connectivity index (χ2v) is 4.33. The number of hydrogen-bond acceptors (Lipinski definition) is 5. The summed E-state index contributed by atoms with van der Waals surface area (Å²) in [7, 11) is 0. The van der Waals surface area contributed by atoms with Crippen LogP contribution in [0.15, 0.2) is 15.8 Å². The molecule has 0 saturated carbocycles. The van der Waals surface area contributed by atoms with Crippen molar-refractivity contribution in [1.29, 1.82) is 0 Å². The molecule has 2 atom stereocenters. The number of rotatable bonds is 3. The third-order valence-electron chi connectivity index (χ3n) is 2.91. The summed E-state index contributed by atoms with van der Waals surface area (Å²) in [5.74, 6) is 0. The third kappa shape index (κ3) is 2.48. The number of aromatic amines is 1. The summed E-state index contributed by atoms with van der Waals surface area (Å²) in [6.45, 7) is 2.14. The molecule has 8 nitrogen and oxygen atoms in total. The van der Waals surface area contributed by atoms with E-state index in [0.29, 0.717) is 0 Å². The molecular formula is C10H13N3O5. The number of nitrogens with zero attached hydrogens (tertiary/aromatic N) is 2. The zero-order valence-corrected chi connectivity index (χ0v) is 9.79. The van der Waals surface area contributed by atoms with Crippen LogP contribution in [0, 0.1) is 10.1 Å². The summed E-state index contributed by atoms with van der Waals surface area (Å²) >= 11 is 0. The zero-order chi connectivity index (χ0) is 13.3. The first-order valence-corrected chi connectivity index (χ1v) is 5.61. The lowest BCUT2D eigenvalue weighted by molar-refractivity contribution is -0.386. The second kappa shape index (κ2) is 4.73. The van der Waals surface area contributed by atoms with Crippen molar-refractivity contribution in [2.24, 2.45) is 0 Å². The molecule has 2 heterocycles. The minimum absolute atomic E-state index is 0.128. The fourth-order valence-corrected chi connectivity index (χ4v) is 2.00. The van der Waals surface area contributed by atoms with Gasteiger partial charge in [0.05, 0.1) is 29.9 Å². The molecule has 1 aromatic heterocycles. The van der Waals surface area contributed by atoms with Gasteiger partial charge in [0.1, 0.15) is 0 Å². The van der Waals surface area contributed by atoms with Crippen LogP contribution < -0.4 is 11.2 Å². The maximum atomic E-state index is 11.5. The highest BCUT2D eigenvalue weighted by Crippen LogP contribution is 2.20. The van der Waals surface area contributed by atoms with Crippen LogP contribution in [0.3, 0.4) is 0 Å². The smallest absolute Gasteiger partial charge is 0.350 e. The molecule has 0 spiro atoms. The lowest BCUT2D eigenvalue weighted by atomic mass is 10.2. The van der Waals surface area contributed by atoms with E-state index in [1.165, 1.54) is 0 Å². The molecular weight excluding hydrogens is 242 g/mol. The molecule has 8 heteroatoms. The van der Waals surface area contributed by atoms with E-state index in [-0.39, 0.29) is 18.8 Å². The lowest BCUT2D eigenvalue weighted by Crippen LogP contribution is -2.33. The molecule has 1 aliphatic rings. The summed E-state index contributed by atoms with van der Waals surface area (Å²) in [4.78, 5) is 34.4. The normalized spacial score (nSPS) is 23.2. The maximum Gasteiger partial charge on any atom is 0.350 e. The Morgan fingerprint density at radius 2 is 2.28 bits per heavy atom. The predicted octanol–water partition coefficient (Wildman–Crippen LogP) is 0.0123. The molecule has 0 amide bonds. The molecule has 1 fully saturated rings. The van der Waals surface area contributed by atoms with Gasteiger partial charge in [-0.15, -0.1) is 0 Å². The monoisotopic (exact) mass is 255 g/mol. The number of nitro groups is 1. The van der Waals surface area contributed by atoms with Crippen molar-refractivity contribution in [3.05, 3.63) is 37.1 Å². The van der Waals surface area contributed by atoms with Crippen molar-refractivity contribution in [1.82, 2.24) is 9.55 Å². The van der Waals surface area contributed by atoms with E-state index in [2.05, 4.69) is 0 Å². The van der Waals surface area contributed by atoms with Crippen molar-refractivity contribution in [3.8, 4) is 0 Å². The first kappa shape index (κ1) is 12.5. The third-order valence-corrected chi connectivity index (χ3v) is 2.91. The number of H-pyrrole nitrogens is 1. The van der Waals surface area contributed by atoms with E-state index < -0.39 is 21.9 Å². The van der Waals surface area contributed by atoms with Gasteiger partial charge in [-0.1, -0.05) is 0 Å². The first-order valence-electron chi connectivity index (χ1n) is 5.61. The summed E-state index contributed by atoms with van der Waals surface area (Å²) in [5.41, 5.74) is -2.28. The number of ether oxygens (including phenoxy) is 1. The molecule has 1 aliphatic heterocycles. The average Bonchev–Trinajstić information content (AvgIpc) is 2.67. The SMILES string of the molecule is CC1CCC(Cn2cc([N+](=O)[O-])c(=O)[nH]c2=O)O1. The van der Waals surface area contributed by atoms with E-state index in [0.717, 1.165) is 23.6 Å². The Morgan fingerprint density at radius 3 is 2.83 bits per heavy atom. The van der Waals surface area contributed by atoms with Gasteiger partial charge in [0.25, 0.3) is 0 Å². The van der Waals surface area contributed by atoms with Crippen LogP contribution in [0.5, 0.6) is 0 Å². The molecule has 2 rings (SSSR count). The molecule has 18 heavy (non-hydrogen) atoms. The quantitative estimate of drug-likeness (QED) is 0.604. The van der Waals surface area contributed by atoms with Crippen LogP contribution >= 0.6 is 0 Å².